The Morgan fingerprint density at radius 1 is 1.19 bits per heavy atom. The molecule has 1 saturated heterocycles. The van der Waals surface area contributed by atoms with E-state index in [-0.39, 0.29) is 29.4 Å². The SMILES string of the molecule is CC1CCN(c2cc(C(F)(F)F)nc3ncnn23)C1c1cccc(F)c1. The molecule has 9 heteroatoms. The van der Waals surface area contributed by atoms with Crippen LogP contribution >= 0.6 is 0 Å². The van der Waals surface area contributed by atoms with Gasteiger partial charge in [0.1, 0.15) is 18.0 Å². The first-order valence-corrected chi connectivity index (χ1v) is 8.14. The lowest BCUT2D eigenvalue weighted by atomic mass is 9.95. The summed E-state index contributed by atoms with van der Waals surface area (Å²) in [6.45, 7) is 2.53. The number of hydrogen-bond donors (Lipinski definition) is 0. The molecule has 3 heterocycles. The summed E-state index contributed by atoms with van der Waals surface area (Å²) in [6, 6.07) is 6.87. The highest BCUT2D eigenvalue weighted by atomic mass is 19.4. The molecule has 0 spiro atoms. The molecule has 0 aliphatic carbocycles. The molecule has 0 amide bonds. The Morgan fingerprint density at radius 2 is 2.00 bits per heavy atom. The fraction of sp³-hybridized carbons (Fsp3) is 0.353. The maximum atomic E-state index is 13.7. The molecule has 1 fully saturated rings. The van der Waals surface area contributed by atoms with E-state index in [2.05, 4.69) is 15.1 Å². The molecule has 136 valence electrons. The van der Waals surface area contributed by atoms with E-state index in [0.717, 1.165) is 12.5 Å². The largest absolute Gasteiger partial charge is 0.433 e. The predicted octanol–water partition coefficient (Wildman–Crippen LogP) is 3.87. The Morgan fingerprint density at radius 3 is 2.73 bits per heavy atom. The zero-order valence-corrected chi connectivity index (χ0v) is 13.8. The van der Waals surface area contributed by atoms with E-state index in [4.69, 9.17) is 0 Å². The summed E-state index contributed by atoms with van der Waals surface area (Å²) in [5.41, 5.74) is -0.306. The summed E-state index contributed by atoms with van der Waals surface area (Å²) in [6.07, 6.45) is -2.66. The highest BCUT2D eigenvalue weighted by Crippen LogP contribution is 2.41. The van der Waals surface area contributed by atoms with Crippen molar-refractivity contribution in [2.75, 3.05) is 11.4 Å². The van der Waals surface area contributed by atoms with Gasteiger partial charge in [0, 0.05) is 12.6 Å². The lowest BCUT2D eigenvalue weighted by Gasteiger charge is -2.29. The minimum absolute atomic E-state index is 0.118. The van der Waals surface area contributed by atoms with Gasteiger partial charge in [-0.15, -0.1) is 0 Å². The molecule has 1 aromatic carbocycles. The van der Waals surface area contributed by atoms with Gasteiger partial charge >= 0.3 is 6.18 Å². The van der Waals surface area contributed by atoms with Crippen LogP contribution in [0.5, 0.6) is 0 Å². The number of nitrogens with zero attached hydrogens (tertiary/aromatic N) is 5. The van der Waals surface area contributed by atoms with Crippen LogP contribution in [0.4, 0.5) is 23.4 Å². The zero-order chi connectivity index (χ0) is 18.5. The molecule has 0 N–H and O–H groups in total. The van der Waals surface area contributed by atoms with Gasteiger partial charge in [-0.2, -0.15) is 27.8 Å². The van der Waals surface area contributed by atoms with Gasteiger partial charge in [-0.3, -0.25) is 0 Å². The monoisotopic (exact) mass is 365 g/mol. The van der Waals surface area contributed by atoms with Crippen LogP contribution < -0.4 is 4.90 Å². The number of fused-ring (bicyclic) bond motifs is 1. The third kappa shape index (κ3) is 2.77. The number of hydrogen-bond acceptors (Lipinski definition) is 4. The molecule has 0 bridgehead atoms. The van der Waals surface area contributed by atoms with Crippen molar-refractivity contribution in [3.8, 4) is 0 Å². The Kier molecular flexibility index (Phi) is 3.82. The fourth-order valence-electron chi connectivity index (χ4n) is 3.55. The van der Waals surface area contributed by atoms with E-state index in [1.54, 1.807) is 12.1 Å². The van der Waals surface area contributed by atoms with Crippen LogP contribution in [0.25, 0.3) is 5.78 Å². The van der Waals surface area contributed by atoms with Crippen molar-refractivity contribution < 1.29 is 17.6 Å². The van der Waals surface area contributed by atoms with E-state index in [0.29, 0.717) is 12.1 Å². The van der Waals surface area contributed by atoms with Crippen molar-refractivity contribution in [3.63, 3.8) is 0 Å². The smallest absolute Gasteiger partial charge is 0.349 e. The van der Waals surface area contributed by atoms with Gasteiger partial charge in [0.15, 0.2) is 5.69 Å². The van der Waals surface area contributed by atoms with Gasteiger partial charge < -0.3 is 4.90 Å². The Hall–Kier alpha value is -2.71. The van der Waals surface area contributed by atoms with Crippen LogP contribution in [0.2, 0.25) is 0 Å². The van der Waals surface area contributed by atoms with E-state index in [1.807, 2.05) is 11.8 Å². The highest BCUT2D eigenvalue weighted by molar-refractivity contribution is 5.51. The van der Waals surface area contributed by atoms with E-state index in [9.17, 15) is 17.6 Å². The van der Waals surface area contributed by atoms with E-state index in [1.165, 1.54) is 23.0 Å². The van der Waals surface area contributed by atoms with Gasteiger partial charge in [-0.1, -0.05) is 19.1 Å². The third-order valence-electron chi connectivity index (χ3n) is 4.71. The van der Waals surface area contributed by atoms with Crippen molar-refractivity contribution in [1.82, 2.24) is 19.6 Å². The summed E-state index contributed by atoms with van der Waals surface area (Å²) in [5.74, 6) is -0.109. The van der Waals surface area contributed by atoms with Crippen molar-refractivity contribution in [2.45, 2.75) is 25.6 Å². The molecule has 1 aliphatic rings. The van der Waals surface area contributed by atoms with Crippen LogP contribution in [-0.2, 0) is 6.18 Å². The standard InChI is InChI=1S/C17H15F4N5/c1-10-5-6-25(15(10)11-3-2-4-12(18)7-11)14-8-13(17(19,20)21)24-16-22-9-23-26(14)16/h2-4,7-10,15H,5-6H2,1H3. The molecule has 2 unspecified atom stereocenters. The fourth-order valence-corrected chi connectivity index (χ4v) is 3.55. The number of alkyl halides is 3. The summed E-state index contributed by atoms with van der Waals surface area (Å²) < 4.78 is 54.7. The van der Waals surface area contributed by atoms with Gasteiger partial charge in [0.25, 0.3) is 5.78 Å². The maximum Gasteiger partial charge on any atom is 0.433 e. The second kappa shape index (κ2) is 5.93. The number of rotatable bonds is 2. The van der Waals surface area contributed by atoms with Crippen molar-refractivity contribution in [3.05, 3.63) is 53.7 Å². The molecule has 1 aliphatic heterocycles. The zero-order valence-electron chi connectivity index (χ0n) is 13.8. The Balaban J connectivity index is 1.87. The molecular weight excluding hydrogens is 350 g/mol. The number of anilines is 1. The van der Waals surface area contributed by atoms with E-state index < -0.39 is 11.9 Å². The molecule has 4 rings (SSSR count). The van der Waals surface area contributed by atoms with Gasteiger partial charge in [0.2, 0.25) is 0 Å². The topological polar surface area (TPSA) is 46.3 Å². The average Bonchev–Trinajstić information content (AvgIpc) is 3.19. The van der Waals surface area contributed by atoms with Crippen LogP contribution in [0, 0.1) is 11.7 Å². The first-order valence-electron chi connectivity index (χ1n) is 8.14. The van der Waals surface area contributed by atoms with Crippen molar-refractivity contribution >= 4 is 11.6 Å². The number of benzene rings is 1. The lowest BCUT2D eigenvalue weighted by Crippen LogP contribution is -2.28. The molecule has 0 saturated carbocycles. The van der Waals surface area contributed by atoms with Gasteiger partial charge in [-0.05, 0) is 30.0 Å². The predicted molar refractivity (Wildman–Crippen MR) is 86.1 cm³/mol. The van der Waals surface area contributed by atoms with E-state index >= 15 is 0 Å². The lowest BCUT2D eigenvalue weighted by molar-refractivity contribution is -0.141. The highest BCUT2D eigenvalue weighted by Gasteiger charge is 2.38. The maximum absolute atomic E-state index is 13.7. The van der Waals surface area contributed by atoms with Gasteiger partial charge in [-0.25, -0.2) is 9.37 Å². The average molecular weight is 365 g/mol. The molecule has 2 atom stereocenters. The summed E-state index contributed by atoms with van der Waals surface area (Å²) >= 11 is 0. The Bertz CT molecular complexity index is 952. The van der Waals surface area contributed by atoms with Crippen molar-refractivity contribution in [1.29, 1.82) is 0 Å². The van der Waals surface area contributed by atoms with Crippen LogP contribution in [0.15, 0.2) is 36.7 Å². The second-order valence-corrected chi connectivity index (χ2v) is 6.43. The minimum Gasteiger partial charge on any atom is -0.349 e. The summed E-state index contributed by atoms with van der Waals surface area (Å²) in [5, 5.41) is 4.02. The van der Waals surface area contributed by atoms with Crippen LogP contribution in [0.3, 0.4) is 0 Å². The molecule has 2 aromatic heterocycles. The first-order chi connectivity index (χ1) is 12.3. The van der Waals surface area contributed by atoms with Crippen molar-refractivity contribution in [2.24, 2.45) is 5.92 Å². The number of aromatic nitrogens is 4. The molecule has 0 radical (unpaired) electrons. The quantitative estimate of drug-likeness (QED) is 0.647. The second-order valence-electron chi connectivity index (χ2n) is 6.43. The normalized spacial score (nSPS) is 20.9. The van der Waals surface area contributed by atoms with Crippen LogP contribution in [0.1, 0.15) is 30.6 Å². The third-order valence-corrected chi connectivity index (χ3v) is 4.71. The van der Waals surface area contributed by atoms with Crippen LogP contribution in [-0.4, -0.2) is 26.1 Å². The van der Waals surface area contributed by atoms with Gasteiger partial charge in [0.05, 0.1) is 6.04 Å². The molecule has 3 aromatic rings. The summed E-state index contributed by atoms with van der Waals surface area (Å²) in [4.78, 5) is 9.17. The molecule has 26 heavy (non-hydrogen) atoms. The summed E-state index contributed by atoms with van der Waals surface area (Å²) in [7, 11) is 0. The Labute approximate surface area is 146 Å². The minimum atomic E-state index is -4.60. The molecular formula is C17H15F4N5. The number of halogens is 4. The first kappa shape index (κ1) is 16.7. The molecule has 5 nitrogen and oxygen atoms in total.